The first-order valence-corrected chi connectivity index (χ1v) is 12.4. The van der Waals surface area contributed by atoms with Gasteiger partial charge in [-0.2, -0.15) is 0 Å². The lowest BCUT2D eigenvalue weighted by Crippen LogP contribution is -2.45. The molecule has 4 aromatic rings. The Morgan fingerprint density at radius 3 is 1.94 bits per heavy atom. The SMILES string of the molecule is O=C(Nc1cccc(CN2CCN(Cc3ccc(O)cc3)CC2)c1)c1ccc(-c2ccccc2)cc1. The average Bonchev–Trinajstić information content (AvgIpc) is 2.92. The number of carbonyl (C=O) groups excluding carboxylic acids is 1. The summed E-state index contributed by atoms with van der Waals surface area (Å²) in [6.45, 7) is 5.79. The van der Waals surface area contributed by atoms with Crippen LogP contribution in [0.15, 0.2) is 103 Å². The molecule has 4 aromatic carbocycles. The minimum Gasteiger partial charge on any atom is -0.508 e. The van der Waals surface area contributed by atoms with Crippen LogP contribution in [0.4, 0.5) is 5.69 Å². The van der Waals surface area contributed by atoms with E-state index in [0.717, 1.165) is 56.1 Å². The average molecular weight is 478 g/mol. The normalized spacial score (nSPS) is 14.4. The second kappa shape index (κ2) is 11.2. The zero-order valence-electron chi connectivity index (χ0n) is 20.3. The van der Waals surface area contributed by atoms with Gasteiger partial charge in [0.2, 0.25) is 0 Å². The Labute approximate surface area is 212 Å². The van der Waals surface area contributed by atoms with E-state index in [1.807, 2.05) is 66.7 Å². The maximum Gasteiger partial charge on any atom is 0.255 e. The zero-order valence-corrected chi connectivity index (χ0v) is 20.3. The first kappa shape index (κ1) is 23.8. The number of amides is 1. The zero-order chi connectivity index (χ0) is 24.7. The molecule has 0 radical (unpaired) electrons. The summed E-state index contributed by atoms with van der Waals surface area (Å²) in [5.74, 6) is 0.206. The highest BCUT2D eigenvalue weighted by Gasteiger charge is 2.17. The minimum atomic E-state index is -0.102. The van der Waals surface area contributed by atoms with Crippen LogP contribution in [0.25, 0.3) is 11.1 Å². The van der Waals surface area contributed by atoms with Crippen LogP contribution in [0.2, 0.25) is 0 Å². The fourth-order valence-electron chi connectivity index (χ4n) is 4.62. The highest BCUT2D eigenvalue weighted by Crippen LogP contribution is 2.21. The molecule has 0 atom stereocenters. The van der Waals surface area contributed by atoms with E-state index in [9.17, 15) is 9.90 Å². The third kappa shape index (κ3) is 6.19. The van der Waals surface area contributed by atoms with Gasteiger partial charge in [0.05, 0.1) is 0 Å². The number of phenolic OH excluding ortho intramolecular Hbond substituents is 1. The van der Waals surface area contributed by atoms with Gasteiger partial charge >= 0.3 is 0 Å². The third-order valence-electron chi connectivity index (χ3n) is 6.65. The first-order valence-electron chi connectivity index (χ1n) is 12.4. The van der Waals surface area contributed by atoms with E-state index >= 15 is 0 Å². The van der Waals surface area contributed by atoms with Gasteiger partial charge in [-0.05, 0) is 58.7 Å². The predicted octanol–water partition coefficient (Wildman–Crippen LogP) is 5.63. The molecule has 0 spiro atoms. The molecule has 2 N–H and O–H groups in total. The van der Waals surface area contributed by atoms with E-state index in [1.165, 1.54) is 11.1 Å². The van der Waals surface area contributed by atoms with Crippen molar-refractivity contribution in [3.63, 3.8) is 0 Å². The summed E-state index contributed by atoms with van der Waals surface area (Å²) in [5.41, 5.74) is 6.11. The second-order valence-electron chi connectivity index (χ2n) is 9.32. The second-order valence-corrected chi connectivity index (χ2v) is 9.32. The number of nitrogens with one attached hydrogen (secondary N) is 1. The van der Waals surface area contributed by atoms with Crippen molar-refractivity contribution < 1.29 is 9.90 Å². The first-order chi connectivity index (χ1) is 17.6. The summed E-state index contributed by atoms with van der Waals surface area (Å²) in [5, 5.41) is 12.5. The van der Waals surface area contributed by atoms with E-state index in [2.05, 4.69) is 39.4 Å². The summed E-state index contributed by atoms with van der Waals surface area (Å²) in [6, 6.07) is 33.5. The molecule has 1 saturated heterocycles. The van der Waals surface area contributed by atoms with Crippen LogP contribution >= 0.6 is 0 Å². The molecular weight excluding hydrogens is 446 g/mol. The molecule has 36 heavy (non-hydrogen) atoms. The lowest BCUT2D eigenvalue weighted by atomic mass is 10.0. The number of carbonyl (C=O) groups is 1. The Balaban J connectivity index is 1.13. The quantitative estimate of drug-likeness (QED) is 0.362. The van der Waals surface area contributed by atoms with Gasteiger partial charge in [-0.25, -0.2) is 0 Å². The number of piperazine rings is 1. The van der Waals surface area contributed by atoms with Crippen LogP contribution in [0, 0.1) is 0 Å². The molecule has 5 nitrogen and oxygen atoms in total. The summed E-state index contributed by atoms with van der Waals surface area (Å²) in [4.78, 5) is 17.7. The maximum absolute atomic E-state index is 12.8. The van der Waals surface area contributed by atoms with Crippen molar-refractivity contribution in [1.82, 2.24) is 9.80 Å². The van der Waals surface area contributed by atoms with Crippen LogP contribution < -0.4 is 5.32 Å². The molecule has 182 valence electrons. The standard InChI is InChI=1S/C31H31N3O2/c35-30-15-9-24(10-16-30)22-33-17-19-34(20-18-33)23-25-5-4-8-29(21-25)32-31(36)28-13-11-27(12-14-28)26-6-2-1-3-7-26/h1-16,21,35H,17-20,22-23H2,(H,32,36). The largest absolute Gasteiger partial charge is 0.508 e. The van der Waals surface area contributed by atoms with Gasteiger partial charge in [-0.15, -0.1) is 0 Å². The van der Waals surface area contributed by atoms with Gasteiger partial charge in [0.15, 0.2) is 0 Å². The Morgan fingerprint density at radius 2 is 1.28 bits per heavy atom. The van der Waals surface area contributed by atoms with E-state index in [4.69, 9.17) is 0 Å². The maximum atomic E-state index is 12.8. The number of aromatic hydroxyl groups is 1. The molecule has 1 aliphatic rings. The van der Waals surface area contributed by atoms with Crippen molar-refractivity contribution in [2.75, 3.05) is 31.5 Å². The summed E-state index contributed by atoms with van der Waals surface area (Å²) in [6.07, 6.45) is 0. The minimum absolute atomic E-state index is 0.102. The molecule has 0 bridgehead atoms. The van der Waals surface area contributed by atoms with Crippen molar-refractivity contribution in [2.24, 2.45) is 0 Å². The summed E-state index contributed by atoms with van der Waals surface area (Å²) in [7, 11) is 0. The lowest BCUT2D eigenvalue weighted by Gasteiger charge is -2.34. The molecule has 0 aromatic heterocycles. The number of anilines is 1. The van der Waals surface area contributed by atoms with Crippen LogP contribution in [0.1, 0.15) is 21.5 Å². The van der Waals surface area contributed by atoms with Crippen LogP contribution in [-0.4, -0.2) is 47.0 Å². The van der Waals surface area contributed by atoms with E-state index < -0.39 is 0 Å². The molecule has 0 aliphatic carbocycles. The Bertz CT molecular complexity index is 1280. The topological polar surface area (TPSA) is 55.8 Å². The van der Waals surface area contributed by atoms with Crippen LogP contribution in [0.3, 0.4) is 0 Å². The van der Waals surface area contributed by atoms with Crippen molar-refractivity contribution in [3.8, 4) is 16.9 Å². The van der Waals surface area contributed by atoms with E-state index in [1.54, 1.807) is 12.1 Å². The molecule has 0 saturated carbocycles. The summed E-state index contributed by atoms with van der Waals surface area (Å²) < 4.78 is 0. The third-order valence-corrected chi connectivity index (χ3v) is 6.65. The van der Waals surface area contributed by atoms with Gasteiger partial charge < -0.3 is 10.4 Å². The molecular formula is C31H31N3O2. The number of rotatable bonds is 7. The number of hydrogen-bond donors (Lipinski definition) is 2. The molecule has 1 heterocycles. The molecule has 1 fully saturated rings. The van der Waals surface area contributed by atoms with Crippen molar-refractivity contribution >= 4 is 11.6 Å². The molecule has 5 rings (SSSR count). The lowest BCUT2D eigenvalue weighted by molar-refractivity contribution is 0.102. The van der Waals surface area contributed by atoms with Crippen LogP contribution in [-0.2, 0) is 13.1 Å². The number of nitrogens with zero attached hydrogens (tertiary/aromatic N) is 2. The van der Waals surface area contributed by atoms with Crippen LogP contribution in [0.5, 0.6) is 5.75 Å². The molecule has 0 unspecified atom stereocenters. The van der Waals surface area contributed by atoms with Gasteiger partial charge in [0, 0.05) is 50.5 Å². The van der Waals surface area contributed by atoms with Gasteiger partial charge in [0.25, 0.3) is 5.91 Å². The van der Waals surface area contributed by atoms with E-state index in [0.29, 0.717) is 11.3 Å². The van der Waals surface area contributed by atoms with Crippen molar-refractivity contribution in [2.45, 2.75) is 13.1 Å². The highest BCUT2D eigenvalue weighted by atomic mass is 16.3. The smallest absolute Gasteiger partial charge is 0.255 e. The molecule has 1 aliphatic heterocycles. The predicted molar refractivity (Wildman–Crippen MR) is 145 cm³/mol. The number of hydrogen-bond acceptors (Lipinski definition) is 4. The fourth-order valence-corrected chi connectivity index (χ4v) is 4.62. The molecule has 5 heteroatoms. The van der Waals surface area contributed by atoms with Crippen molar-refractivity contribution in [3.05, 3.63) is 120 Å². The fraction of sp³-hybridized carbons (Fsp3) is 0.194. The Morgan fingerprint density at radius 1 is 0.667 bits per heavy atom. The highest BCUT2D eigenvalue weighted by molar-refractivity contribution is 6.04. The number of benzene rings is 4. The monoisotopic (exact) mass is 477 g/mol. The van der Waals surface area contributed by atoms with E-state index in [-0.39, 0.29) is 5.91 Å². The Hall–Kier alpha value is -3.93. The summed E-state index contributed by atoms with van der Waals surface area (Å²) >= 11 is 0. The number of phenols is 1. The van der Waals surface area contributed by atoms with Gasteiger partial charge in [-0.3, -0.25) is 14.6 Å². The van der Waals surface area contributed by atoms with Gasteiger partial charge in [0.1, 0.15) is 5.75 Å². The van der Waals surface area contributed by atoms with Crippen molar-refractivity contribution in [1.29, 1.82) is 0 Å². The Kier molecular flexibility index (Phi) is 7.41. The molecule has 1 amide bonds. The van der Waals surface area contributed by atoms with Gasteiger partial charge in [-0.1, -0.05) is 66.7 Å².